The van der Waals surface area contributed by atoms with Gasteiger partial charge in [0, 0.05) is 43.9 Å². The summed E-state index contributed by atoms with van der Waals surface area (Å²) in [5, 5.41) is 7.58. The molecule has 3 aromatic rings. The average molecular weight is 454 g/mol. The van der Waals surface area contributed by atoms with E-state index >= 15 is 0 Å². The van der Waals surface area contributed by atoms with Crippen LogP contribution in [0.5, 0.6) is 0 Å². The summed E-state index contributed by atoms with van der Waals surface area (Å²) in [4.78, 5) is 39.6. The number of amides is 2. The van der Waals surface area contributed by atoms with E-state index in [0.29, 0.717) is 31.2 Å². The number of thioether (sulfide) groups is 1. The molecule has 160 valence electrons. The molecule has 4 heterocycles. The predicted molar refractivity (Wildman–Crippen MR) is 121 cm³/mol. The first-order valence-electron chi connectivity index (χ1n) is 10.0. The maximum absolute atomic E-state index is 12.7. The van der Waals surface area contributed by atoms with Crippen LogP contribution in [0.4, 0.5) is 0 Å². The highest BCUT2D eigenvalue weighted by atomic mass is 32.2. The van der Waals surface area contributed by atoms with E-state index < -0.39 is 0 Å². The Balaban J connectivity index is 1.36. The van der Waals surface area contributed by atoms with Gasteiger partial charge in [0.25, 0.3) is 0 Å². The summed E-state index contributed by atoms with van der Waals surface area (Å²) in [5.74, 6) is 0.327. The molecule has 31 heavy (non-hydrogen) atoms. The number of thiophene rings is 1. The lowest BCUT2D eigenvalue weighted by atomic mass is 9.94. The minimum atomic E-state index is -0.0715. The summed E-state index contributed by atoms with van der Waals surface area (Å²) in [7, 11) is 0. The first kappa shape index (κ1) is 21.5. The van der Waals surface area contributed by atoms with Gasteiger partial charge in [-0.05, 0) is 58.5 Å². The molecule has 0 fully saturated rings. The normalized spacial score (nSPS) is 13.0. The van der Waals surface area contributed by atoms with Crippen molar-refractivity contribution in [1.29, 1.82) is 0 Å². The molecule has 2 amide bonds. The minimum Gasteiger partial charge on any atom is -0.351 e. The zero-order chi connectivity index (χ0) is 21.6. The van der Waals surface area contributed by atoms with Crippen molar-refractivity contribution in [3.63, 3.8) is 0 Å². The molecule has 0 spiro atoms. The van der Waals surface area contributed by atoms with Gasteiger partial charge in [-0.15, -0.1) is 0 Å². The molecular weight excluding hydrogens is 430 g/mol. The van der Waals surface area contributed by atoms with E-state index in [9.17, 15) is 9.59 Å². The SMILES string of the molecule is Cc1ncc2c(c1CNC(=O)CSc1ncccn1)CCN(C(=O)Cc1ccsc1)C2. The molecule has 0 bridgehead atoms. The van der Waals surface area contributed by atoms with Crippen molar-refractivity contribution in [3.05, 3.63) is 69.4 Å². The third-order valence-electron chi connectivity index (χ3n) is 5.22. The second-order valence-electron chi connectivity index (χ2n) is 7.30. The smallest absolute Gasteiger partial charge is 0.230 e. The van der Waals surface area contributed by atoms with Crippen molar-refractivity contribution >= 4 is 34.9 Å². The Labute approximate surface area is 189 Å². The Morgan fingerprint density at radius 2 is 2.10 bits per heavy atom. The van der Waals surface area contributed by atoms with Crippen LogP contribution in [0.25, 0.3) is 0 Å². The van der Waals surface area contributed by atoms with Gasteiger partial charge in [-0.2, -0.15) is 11.3 Å². The summed E-state index contributed by atoms with van der Waals surface area (Å²) in [6, 6.07) is 3.74. The number of nitrogens with zero attached hydrogens (tertiary/aromatic N) is 4. The van der Waals surface area contributed by atoms with Crippen molar-refractivity contribution < 1.29 is 9.59 Å². The van der Waals surface area contributed by atoms with Gasteiger partial charge < -0.3 is 10.2 Å². The third kappa shape index (κ3) is 5.48. The Kier molecular flexibility index (Phi) is 6.93. The molecule has 1 N–H and O–H groups in total. The number of hydrogen-bond acceptors (Lipinski definition) is 7. The number of fused-ring (bicyclic) bond motifs is 1. The third-order valence-corrected chi connectivity index (χ3v) is 6.83. The molecule has 4 rings (SSSR count). The number of nitrogens with one attached hydrogen (secondary N) is 1. The number of aromatic nitrogens is 3. The van der Waals surface area contributed by atoms with E-state index in [1.54, 1.807) is 29.8 Å². The van der Waals surface area contributed by atoms with E-state index in [4.69, 9.17) is 0 Å². The highest BCUT2D eigenvalue weighted by molar-refractivity contribution is 7.99. The quantitative estimate of drug-likeness (QED) is 0.437. The first-order valence-corrected chi connectivity index (χ1v) is 11.9. The molecule has 0 saturated carbocycles. The predicted octanol–water partition coefficient (Wildman–Crippen LogP) is 2.78. The maximum Gasteiger partial charge on any atom is 0.230 e. The molecule has 1 aliphatic rings. The molecule has 0 radical (unpaired) electrons. The lowest BCUT2D eigenvalue weighted by Crippen LogP contribution is -2.38. The van der Waals surface area contributed by atoms with Gasteiger partial charge in [0.05, 0.1) is 12.2 Å². The van der Waals surface area contributed by atoms with Crippen molar-refractivity contribution in [3.8, 4) is 0 Å². The van der Waals surface area contributed by atoms with Gasteiger partial charge in [-0.3, -0.25) is 14.6 Å². The number of aryl methyl sites for hydroxylation is 1. The Morgan fingerprint density at radius 1 is 1.26 bits per heavy atom. The van der Waals surface area contributed by atoms with E-state index in [-0.39, 0.29) is 17.6 Å². The largest absolute Gasteiger partial charge is 0.351 e. The fraction of sp³-hybridized carbons (Fsp3) is 0.318. The molecule has 9 heteroatoms. The summed E-state index contributed by atoms with van der Waals surface area (Å²) < 4.78 is 0. The van der Waals surface area contributed by atoms with Gasteiger partial charge in [0.15, 0.2) is 5.16 Å². The van der Waals surface area contributed by atoms with Gasteiger partial charge in [0.2, 0.25) is 11.8 Å². The summed E-state index contributed by atoms with van der Waals surface area (Å²) >= 11 is 2.91. The number of pyridine rings is 1. The highest BCUT2D eigenvalue weighted by Crippen LogP contribution is 2.24. The zero-order valence-corrected chi connectivity index (χ0v) is 18.8. The molecule has 0 atom stereocenters. The number of carbonyl (C=O) groups excluding carboxylic acids is 2. The molecule has 3 aromatic heterocycles. The van der Waals surface area contributed by atoms with Crippen molar-refractivity contribution in [2.45, 2.75) is 38.0 Å². The average Bonchev–Trinajstić information content (AvgIpc) is 3.30. The van der Waals surface area contributed by atoms with Gasteiger partial charge in [0.1, 0.15) is 0 Å². The Morgan fingerprint density at radius 3 is 2.87 bits per heavy atom. The van der Waals surface area contributed by atoms with Crippen LogP contribution in [-0.4, -0.2) is 44.0 Å². The van der Waals surface area contributed by atoms with Crippen LogP contribution in [0.3, 0.4) is 0 Å². The number of hydrogen-bond donors (Lipinski definition) is 1. The van der Waals surface area contributed by atoms with E-state index in [2.05, 4.69) is 20.3 Å². The van der Waals surface area contributed by atoms with Gasteiger partial charge in [-0.1, -0.05) is 11.8 Å². The lowest BCUT2D eigenvalue weighted by Gasteiger charge is -2.30. The second kappa shape index (κ2) is 10.0. The molecule has 1 aliphatic heterocycles. The van der Waals surface area contributed by atoms with Crippen molar-refractivity contribution in [2.75, 3.05) is 12.3 Å². The fourth-order valence-electron chi connectivity index (χ4n) is 3.58. The maximum atomic E-state index is 12.7. The Hall–Kier alpha value is -2.78. The minimum absolute atomic E-state index is 0.0715. The number of carbonyl (C=O) groups is 2. The topological polar surface area (TPSA) is 88.1 Å². The fourth-order valence-corrected chi connectivity index (χ4v) is 4.88. The second-order valence-corrected chi connectivity index (χ2v) is 9.02. The summed E-state index contributed by atoms with van der Waals surface area (Å²) in [5.41, 5.74) is 5.29. The first-order chi connectivity index (χ1) is 15.1. The van der Waals surface area contributed by atoms with Crippen LogP contribution >= 0.6 is 23.1 Å². The van der Waals surface area contributed by atoms with Crippen LogP contribution in [0.1, 0.15) is 27.9 Å². The zero-order valence-electron chi connectivity index (χ0n) is 17.2. The lowest BCUT2D eigenvalue weighted by molar-refractivity contribution is -0.131. The molecule has 0 saturated heterocycles. The standard InChI is InChI=1S/C22H23N5O2S2/c1-15-19(11-26-20(28)14-31-22-23-5-2-6-24-22)18-3-7-27(12-17(18)10-25-15)21(29)9-16-4-8-30-13-16/h2,4-6,8,10,13H,3,7,9,11-12,14H2,1H3,(H,26,28). The molecule has 7 nitrogen and oxygen atoms in total. The van der Waals surface area contributed by atoms with Crippen LogP contribution in [-0.2, 0) is 35.5 Å². The van der Waals surface area contributed by atoms with Crippen molar-refractivity contribution in [2.24, 2.45) is 0 Å². The van der Waals surface area contributed by atoms with Crippen LogP contribution in [0.15, 0.2) is 46.6 Å². The molecule has 0 aliphatic carbocycles. The van der Waals surface area contributed by atoms with E-state index in [1.165, 1.54) is 17.3 Å². The van der Waals surface area contributed by atoms with E-state index in [0.717, 1.165) is 28.8 Å². The van der Waals surface area contributed by atoms with E-state index in [1.807, 2.05) is 34.8 Å². The van der Waals surface area contributed by atoms with Gasteiger partial charge >= 0.3 is 0 Å². The number of rotatable bonds is 7. The molecular formula is C22H23N5O2S2. The summed E-state index contributed by atoms with van der Waals surface area (Å²) in [6.45, 7) is 3.64. The highest BCUT2D eigenvalue weighted by Gasteiger charge is 2.24. The molecule has 0 aromatic carbocycles. The van der Waals surface area contributed by atoms with Crippen molar-refractivity contribution in [1.82, 2.24) is 25.2 Å². The van der Waals surface area contributed by atoms with Crippen LogP contribution in [0.2, 0.25) is 0 Å². The van der Waals surface area contributed by atoms with Crippen LogP contribution < -0.4 is 5.32 Å². The Bertz CT molecular complexity index is 1060. The monoisotopic (exact) mass is 453 g/mol. The molecule has 0 unspecified atom stereocenters. The van der Waals surface area contributed by atoms with Gasteiger partial charge in [-0.25, -0.2) is 9.97 Å². The van der Waals surface area contributed by atoms with Crippen LogP contribution in [0, 0.1) is 6.92 Å². The summed E-state index contributed by atoms with van der Waals surface area (Å²) in [6.07, 6.45) is 6.39.